The fourth-order valence-electron chi connectivity index (χ4n) is 4.40. The lowest BCUT2D eigenvalue weighted by Gasteiger charge is -2.15. The number of anilines is 1. The van der Waals surface area contributed by atoms with Crippen molar-refractivity contribution >= 4 is 41.0 Å². The zero-order chi connectivity index (χ0) is 28.2. The van der Waals surface area contributed by atoms with E-state index >= 15 is 0 Å². The lowest BCUT2D eigenvalue weighted by Crippen LogP contribution is -2.29. The van der Waals surface area contributed by atoms with Crippen LogP contribution in [0.3, 0.4) is 0 Å². The van der Waals surface area contributed by atoms with Gasteiger partial charge in [-0.2, -0.15) is 0 Å². The van der Waals surface area contributed by atoms with Crippen LogP contribution < -0.4 is 10.2 Å². The molecular weight excluding hydrogens is 533 g/mol. The second kappa shape index (κ2) is 11.6. The van der Waals surface area contributed by atoms with Gasteiger partial charge >= 0.3 is 0 Å². The standard InChI is InChI=1S/C29H24FN5O4S/c1-18(36)31-15-7-14-26-32-33-29(35(26)24-13-5-4-12-23(24)30)40-17-25(37)19-8-6-9-20(16-19)34-27(38)21-10-2-3-11-22(21)28(34)39/h2-6,8-13,16H,7,14-15,17H2,1H3,(H,31,36). The van der Waals surface area contributed by atoms with Crippen LogP contribution in [0.2, 0.25) is 0 Å². The quantitative estimate of drug-likeness (QED) is 0.134. The highest BCUT2D eigenvalue weighted by Gasteiger charge is 2.36. The number of imide groups is 1. The van der Waals surface area contributed by atoms with E-state index in [-0.39, 0.29) is 23.1 Å². The molecule has 0 radical (unpaired) electrons. The topological polar surface area (TPSA) is 114 Å². The van der Waals surface area contributed by atoms with Crippen molar-refractivity contribution < 1.29 is 23.6 Å². The summed E-state index contributed by atoms with van der Waals surface area (Å²) in [6.07, 6.45) is 0.999. The molecule has 1 aliphatic heterocycles. The third-order valence-corrected chi connectivity index (χ3v) is 7.23. The molecule has 5 rings (SSSR count). The summed E-state index contributed by atoms with van der Waals surface area (Å²) in [5.74, 6) is -1.29. The Bertz CT molecular complexity index is 1600. The minimum atomic E-state index is -0.466. The van der Waals surface area contributed by atoms with Crippen LogP contribution >= 0.6 is 11.8 Å². The van der Waals surface area contributed by atoms with E-state index < -0.39 is 17.6 Å². The van der Waals surface area contributed by atoms with Gasteiger partial charge in [0.15, 0.2) is 10.9 Å². The number of aryl methyl sites for hydroxylation is 1. The molecule has 1 aliphatic rings. The number of para-hydroxylation sites is 1. The minimum Gasteiger partial charge on any atom is -0.356 e. The monoisotopic (exact) mass is 557 g/mol. The van der Waals surface area contributed by atoms with Crippen LogP contribution in [-0.2, 0) is 11.2 Å². The van der Waals surface area contributed by atoms with Crippen LogP contribution in [0, 0.1) is 5.82 Å². The van der Waals surface area contributed by atoms with Crippen molar-refractivity contribution in [2.24, 2.45) is 0 Å². The van der Waals surface area contributed by atoms with E-state index in [2.05, 4.69) is 15.5 Å². The van der Waals surface area contributed by atoms with Crippen molar-refractivity contribution in [2.45, 2.75) is 24.9 Å². The third-order valence-electron chi connectivity index (χ3n) is 6.30. The SMILES string of the molecule is CC(=O)NCCCc1nnc(SCC(=O)c2cccc(N3C(=O)c4ccccc4C3=O)c2)n1-c1ccccc1F. The highest BCUT2D eigenvalue weighted by Crippen LogP contribution is 2.30. The first-order valence-corrected chi connectivity index (χ1v) is 13.5. The number of nitrogens with one attached hydrogen (secondary N) is 1. The lowest BCUT2D eigenvalue weighted by atomic mass is 10.1. The maximum Gasteiger partial charge on any atom is 0.266 e. The van der Waals surface area contributed by atoms with Crippen molar-refractivity contribution in [3.63, 3.8) is 0 Å². The number of halogens is 1. The predicted molar refractivity (Wildman–Crippen MR) is 147 cm³/mol. The predicted octanol–water partition coefficient (Wildman–Crippen LogP) is 4.25. The molecule has 202 valence electrons. The highest BCUT2D eigenvalue weighted by molar-refractivity contribution is 7.99. The maximum absolute atomic E-state index is 14.8. The summed E-state index contributed by atoms with van der Waals surface area (Å²) < 4.78 is 16.3. The van der Waals surface area contributed by atoms with Crippen molar-refractivity contribution in [1.82, 2.24) is 20.1 Å². The number of nitrogens with zero attached hydrogens (tertiary/aromatic N) is 4. The van der Waals surface area contributed by atoms with E-state index in [1.807, 2.05) is 0 Å². The second-order valence-electron chi connectivity index (χ2n) is 9.03. The largest absolute Gasteiger partial charge is 0.356 e. The summed E-state index contributed by atoms with van der Waals surface area (Å²) >= 11 is 1.10. The van der Waals surface area contributed by atoms with E-state index in [0.717, 1.165) is 16.7 Å². The Kier molecular flexibility index (Phi) is 7.83. The fourth-order valence-corrected chi connectivity index (χ4v) is 5.26. The Morgan fingerprint density at radius 2 is 1.62 bits per heavy atom. The first kappa shape index (κ1) is 26.9. The molecule has 0 spiro atoms. The van der Waals surface area contributed by atoms with Crippen molar-refractivity contribution in [3.05, 3.63) is 101 Å². The summed E-state index contributed by atoms with van der Waals surface area (Å²) in [4.78, 5) is 51.2. The molecular formula is C29H24FN5O4S. The van der Waals surface area contributed by atoms with Gasteiger partial charge in [0, 0.05) is 25.5 Å². The molecule has 11 heteroatoms. The van der Waals surface area contributed by atoms with Crippen LogP contribution in [0.1, 0.15) is 50.2 Å². The summed E-state index contributed by atoms with van der Waals surface area (Å²) in [5.41, 5.74) is 1.51. The lowest BCUT2D eigenvalue weighted by molar-refractivity contribution is -0.118. The molecule has 4 aromatic rings. The first-order chi connectivity index (χ1) is 19.3. The highest BCUT2D eigenvalue weighted by atomic mass is 32.2. The van der Waals surface area contributed by atoms with Gasteiger partial charge in [-0.1, -0.05) is 48.2 Å². The van der Waals surface area contributed by atoms with Gasteiger partial charge in [0.05, 0.1) is 28.3 Å². The molecule has 1 N–H and O–H groups in total. The number of carbonyl (C=O) groups excluding carboxylic acids is 4. The number of benzene rings is 3. The van der Waals surface area contributed by atoms with E-state index in [0.29, 0.717) is 52.7 Å². The van der Waals surface area contributed by atoms with Crippen LogP contribution in [0.25, 0.3) is 5.69 Å². The van der Waals surface area contributed by atoms with Gasteiger partial charge in [0.1, 0.15) is 11.6 Å². The molecule has 0 unspecified atom stereocenters. The molecule has 0 bridgehead atoms. The molecule has 0 saturated carbocycles. The number of ketones is 1. The minimum absolute atomic E-state index is 0.0376. The number of Topliss-reactive ketones (excluding diaryl/α,β-unsaturated/α-hetero) is 1. The molecule has 1 aromatic heterocycles. The van der Waals surface area contributed by atoms with Crippen LogP contribution in [0.4, 0.5) is 10.1 Å². The van der Waals surface area contributed by atoms with Gasteiger partial charge in [0.25, 0.3) is 11.8 Å². The number of amides is 3. The summed E-state index contributed by atoms with van der Waals surface area (Å²) in [6.45, 7) is 1.87. The number of rotatable bonds is 10. The average Bonchev–Trinajstić information content (AvgIpc) is 3.47. The van der Waals surface area contributed by atoms with Gasteiger partial charge in [-0.3, -0.25) is 23.7 Å². The Hall–Kier alpha value is -4.64. The molecule has 3 aromatic carbocycles. The molecule has 0 atom stereocenters. The van der Waals surface area contributed by atoms with E-state index in [1.165, 1.54) is 19.1 Å². The fraction of sp³-hybridized carbons (Fsp3) is 0.172. The summed E-state index contributed by atoms with van der Waals surface area (Å²) in [6, 6.07) is 19.1. The first-order valence-electron chi connectivity index (χ1n) is 12.5. The van der Waals surface area contributed by atoms with E-state index in [1.54, 1.807) is 65.2 Å². The average molecular weight is 558 g/mol. The summed E-state index contributed by atoms with van der Waals surface area (Å²) in [5, 5.41) is 11.5. The van der Waals surface area contributed by atoms with Crippen LogP contribution in [0.15, 0.2) is 78.0 Å². The number of fused-ring (bicyclic) bond motifs is 1. The number of hydrogen-bond donors (Lipinski definition) is 1. The van der Waals surface area contributed by atoms with Gasteiger partial charge < -0.3 is 5.32 Å². The Balaban J connectivity index is 1.34. The third kappa shape index (κ3) is 5.41. The Labute approximate surface area is 233 Å². The van der Waals surface area contributed by atoms with Gasteiger partial charge in [-0.05, 0) is 42.8 Å². The Morgan fingerprint density at radius 3 is 2.33 bits per heavy atom. The molecule has 3 amide bonds. The number of carbonyl (C=O) groups is 4. The van der Waals surface area contributed by atoms with Gasteiger partial charge in [0.2, 0.25) is 5.91 Å². The zero-order valence-corrected chi connectivity index (χ0v) is 22.3. The van der Waals surface area contributed by atoms with Gasteiger partial charge in [-0.25, -0.2) is 9.29 Å². The molecule has 40 heavy (non-hydrogen) atoms. The molecule has 0 fully saturated rings. The van der Waals surface area contributed by atoms with Crippen molar-refractivity contribution in [2.75, 3.05) is 17.2 Å². The van der Waals surface area contributed by atoms with Crippen LogP contribution in [0.5, 0.6) is 0 Å². The Morgan fingerprint density at radius 1 is 0.925 bits per heavy atom. The van der Waals surface area contributed by atoms with Crippen molar-refractivity contribution in [1.29, 1.82) is 0 Å². The smallest absolute Gasteiger partial charge is 0.266 e. The zero-order valence-electron chi connectivity index (χ0n) is 21.5. The summed E-state index contributed by atoms with van der Waals surface area (Å²) in [7, 11) is 0. The number of thioether (sulfide) groups is 1. The maximum atomic E-state index is 14.8. The van der Waals surface area contributed by atoms with E-state index in [4.69, 9.17) is 0 Å². The molecule has 2 heterocycles. The van der Waals surface area contributed by atoms with Crippen LogP contribution in [-0.4, -0.2) is 50.6 Å². The number of aromatic nitrogens is 3. The molecule has 0 aliphatic carbocycles. The van der Waals surface area contributed by atoms with Gasteiger partial charge in [-0.15, -0.1) is 10.2 Å². The number of hydrogen-bond acceptors (Lipinski definition) is 7. The van der Waals surface area contributed by atoms with E-state index in [9.17, 15) is 23.6 Å². The molecule has 9 nitrogen and oxygen atoms in total. The van der Waals surface area contributed by atoms with Crippen molar-refractivity contribution in [3.8, 4) is 5.69 Å². The normalized spacial score (nSPS) is 12.5. The second-order valence-corrected chi connectivity index (χ2v) is 9.97. The molecule has 0 saturated heterocycles.